The first-order chi connectivity index (χ1) is 14.2. The Kier molecular flexibility index (Phi) is 5.97. The van der Waals surface area contributed by atoms with E-state index in [4.69, 9.17) is 4.74 Å². The molecule has 0 radical (unpaired) electrons. The molecule has 2 saturated heterocycles. The molecule has 8 heteroatoms. The predicted molar refractivity (Wildman–Crippen MR) is 105 cm³/mol. The van der Waals surface area contributed by atoms with Crippen LogP contribution in [0.15, 0.2) is 43.0 Å². The minimum atomic E-state index is 0.0362. The van der Waals surface area contributed by atoms with Gasteiger partial charge in [-0.15, -0.1) is 0 Å². The first-order valence-corrected chi connectivity index (χ1v) is 10.1. The monoisotopic (exact) mass is 395 g/mol. The van der Waals surface area contributed by atoms with Crippen LogP contribution in [0, 0.1) is 11.8 Å². The molecule has 0 N–H and O–H groups in total. The van der Waals surface area contributed by atoms with Crippen molar-refractivity contribution >= 4 is 11.8 Å². The minimum absolute atomic E-state index is 0.0362. The van der Waals surface area contributed by atoms with Gasteiger partial charge in [-0.1, -0.05) is 0 Å². The second-order valence-electron chi connectivity index (χ2n) is 7.69. The summed E-state index contributed by atoms with van der Waals surface area (Å²) in [5, 5.41) is 0. The number of carbonyl (C=O) groups is 2. The summed E-state index contributed by atoms with van der Waals surface area (Å²) >= 11 is 0. The Bertz CT molecular complexity index is 825. The number of nitrogens with zero attached hydrogens (tertiary/aromatic N) is 5. The van der Waals surface area contributed by atoms with E-state index < -0.39 is 0 Å². The Morgan fingerprint density at radius 3 is 2.62 bits per heavy atom. The van der Waals surface area contributed by atoms with Crippen molar-refractivity contribution in [3.63, 3.8) is 0 Å². The molecule has 2 aliphatic rings. The van der Waals surface area contributed by atoms with Crippen LogP contribution in [0.1, 0.15) is 29.6 Å². The molecule has 2 aliphatic heterocycles. The van der Waals surface area contributed by atoms with E-state index in [1.54, 1.807) is 43.0 Å². The van der Waals surface area contributed by atoms with Crippen LogP contribution < -0.4 is 4.74 Å². The van der Waals surface area contributed by atoms with Gasteiger partial charge in [-0.25, -0.2) is 9.97 Å². The number of aromatic nitrogens is 3. The second kappa shape index (κ2) is 8.98. The van der Waals surface area contributed by atoms with Crippen molar-refractivity contribution in [2.45, 2.75) is 19.3 Å². The highest BCUT2D eigenvalue weighted by atomic mass is 16.5. The van der Waals surface area contributed by atoms with E-state index in [0.717, 1.165) is 32.5 Å². The summed E-state index contributed by atoms with van der Waals surface area (Å²) in [5.74, 6) is 0.808. The average molecular weight is 395 g/mol. The summed E-state index contributed by atoms with van der Waals surface area (Å²) in [6, 6.07) is 5.67. The smallest absolute Gasteiger partial charge is 0.316 e. The van der Waals surface area contributed by atoms with Crippen molar-refractivity contribution in [2.24, 2.45) is 11.8 Å². The fourth-order valence-corrected chi connectivity index (χ4v) is 4.00. The molecule has 1 atom stereocenters. The van der Waals surface area contributed by atoms with Crippen LogP contribution >= 0.6 is 0 Å². The van der Waals surface area contributed by atoms with Crippen molar-refractivity contribution in [3.8, 4) is 6.01 Å². The van der Waals surface area contributed by atoms with Gasteiger partial charge in [0.1, 0.15) is 0 Å². The summed E-state index contributed by atoms with van der Waals surface area (Å²) in [5.41, 5.74) is 0.630. The van der Waals surface area contributed by atoms with Gasteiger partial charge in [0.15, 0.2) is 0 Å². The number of pyridine rings is 1. The minimum Gasteiger partial charge on any atom is -0.463 e. The SMILES string of the molecule is O=C1CC(COc2ncccn2)CN1CC1CCN(C(=O)c2cccnc2)CC1. The fraction of sp³-hybridized carbons (Fsp3) is 0.476. The number of hydrogen-bond acceptors (Lipinski definition) is 6. The normalized spacial score (nSPS) is 20.1. The van der Waals surface area contributed by atoms with Gasteiger partial charge in [-0.2, -0.15) is 0 Å². The topological polar surface area (TPSA) is 88.5 Å². The van der Waals surface area contributed by atoms with Crippen LogP contribution in [0.25, 0.3) is 0 Å². The third kappa shape index (κ3) is 4.88. The van der Waals surface area contributed by atoms with Gasteiger partial charge in [0, 0.05) is 63.3 Å². The van der Waals surface area contributed by atoms with Crippen molar-refractivity contribution in [1.82, 2.24) is 24.8 Å². The van der Waals surface area contributed by atoms with Crippen molar-refractivity contribution < 1.29 is 14.3 Å². The largest absolute Gasteiger partial charge is 0.463 e. The summed E-state index contributed by atoms with van der Waals surface area (Å²) < 4.78 is 5.61. The van der Waals surface area contributed by atoms with Crippen LogP contribution in [0.5, 0.6) is 6.01 Å². The highest BCUT2D eigenvalue weighted by Gasteiger charge is 2.33. The molecular weight excluding hydrogens is 370 g/mol. The van der Waals surface area contributed by atoms with Gasteiger partial charge in [0.25, 0.3) is 5.91 Å². The molecule has 2 amide bonds. The van der Waals surface area contributed by atoms with Crippen molar-refractivity contribution in [3.05, 3.63) is 48.5 Å². The van der Waals surface area contributed by atoms with E-state index in [-0.39, 0.29) is 17.7 Å². The van der Waals surface area contributed by atoms with E-state index in [1.807, 2.05) is 9.80 Å². The zero-order valence-electron chi connectivity index (χ0n) is 16.3. The molecule has 2 aromatic rings. The molecule has 2 aromatic heterocycles. The maximum atomic E-state index is 12.5. The lowest BCUT2D eigenvalue weighted by atomic mass is 9.96. The quantitative estimate of drug-likeness (QED) is 0.739. The molecule has 4 rings (SSSR count). The van der Waals surface area contributed by atoms with E-state index in [1.165, 1.54) is 0 Å². The molecule has 29 heavy (non-hydrogen) atoms. The Hall–Kier alpha value is -3.03. The third-order valence-electron chi connectivity index (χ3n) is 5.57. The molecule has 0 spiro atoms. The van der Waals surface area contributed by atoms with Gasteiger partial charge in [-0.05, 0) is 37.0 Å². The molecule has 0 saturated carbocycles. The number of likely N-dealkylation sites (tertiary alicyclic amines) is 2. The third-order valence-corrected chi connectivity index (χ3v) is 5.57. The van der Waals surface area contributed by atoms with Crippen LogP contribution in [-0.2, 0) is 4.79 Å². The summed E-state index contributed by atoms with van der Waals surface area (Å²) in [6.07, 6.45) is 8.88. The maximum absolute atomic E-state index is 12.5. The lowest BCUT2D eigenvalue weighted by molar-refractivity contribution is -0.128. The van der Waals surface area contributed by atoms with E-state index in [2.05, 4.69) is 15.0 Å². The van der Waals surface area contributed by atoms with Crippen LogP contribution in [-0.4, -0.2) is 69.4 Å². The molecular formula is C21H25N5O3. The van der Waals surface area contributed by atoms with Crippen molar-refractivity contribution in [1.29, 1.82) is 0 Å². The molecule has 0 aromatic carbocycles. The number of amides is 2. The van der Waals surface area contributed by atoms with Gasteiger partial charge in [0.05, 0.1) is 12.2 Å². The van der Waals surface area contributed by atoms with Gasteiger partial charge in [-0.3, -0.25) is 14.6 Å². The lowest BCUT2D eigenvalue weighted by Crippen LogP contribution is -2.42. The van der Waals surface area contributed by atoms with Gasteiger partial charge < -0.3 is 14.5 Å². The molecule has 2 fully saturated rings. The average Bonchev–Trinajstić information content (AvgIpc) is 3.13. The number of hydrogen-bond donors (Lipinski definition) is 0. The highest BCUT2D eigenvalue weighted by Crippen LogP contribution is 2.24. The summed E-state index contributed by atoms with van der Waals surface area (Å²) in [6.45, 7) is 3.35. The Morgan fingerprint density at radius 2 is 1.90 bits per heavy atom. The number of rotatable bonds is 6. The van der Waals surface area contributed by atoms with E-state index in [0.29, 0.717) is 37.1 Å². The van der Waals surface area contributed by atoms with Crippen molar-refractivity contribution in [2.75, 3.05) is 32.8 Å². The van der Waals surface area contributed by atoms with Crippen LogP contribution in [0.2, 0.25) is 0 Å². The number of piperidine rings is 1. The first kappa shape index (κ1) is 19.3. The summed E-state index contributed by atoms with van der Waals surface area (Å²) in [4.78, 5) is 40.9. The predicted octanol–water partition coefficient (Wildman–Crippen LogP) is 1.65. The molecule has 152 valence electrons. The van der Waals surface area contributed by atoms with Crippen LogP contribution in [0.4, 0.5) is 0 Å². The Balaban J connectivity index is 1.22. The summed E-state index contributed by atoms with van der Waals surface area (Å²) in [7, 11) is 0. The Morgan fingerprint density at radius 1 is 1.10 bits per heavy atom. The fourth-order valence-electron chi connectivity index (χ4n) is 4.00. The number of ether oxygens (including phenoxy) is 1. The highest BCUT2D eigenvalue weighted by molar-refractivity contribution is 5.93. The zero-order valence-corrected chi connectivity index (χ0v) is 16.3. The lowest BCUT2D eigenvalue weighted by Gasteiger charge is -2.34. The molecule has 0 bridgehead atoms. The number of carbonyl (C=O) groups excluding carboxylic acids is 2. The van der Waals surface area contributed by atoms with Crippen LogP contribution in [0.3, 0.4) is 0 Å². The molecule has 0 aliphatic carbocycles. The standard InChI is InChI=1S/C21H25N5O3/c27-19-11-17(15-29-21-23-7-2-8-24-21)14-26(19)13-16-4-9-25(10-5-16)20(28)18-3-1-6-22-12-18/h1-3,6-8,12,16-17H,4-5,9-11,13-15H2. The van der Waals surface area contributed by atoms with Gasteiger partial charge >= 0.3 is 6.01 Å². The molecule has 1 unspecified atom stereocenters. The molecule has 4 heterocycles. The van der Waals surface area contributed by atoms with E-state index >= 15 is 0 Å². The second-order valence-corrected chi connectivity index (χ2v) is 7.69. The van der Waals surface area contributed by atoms with E-state index in [9.17, 15) is 9.59 Å². The zero-order chi connectivity index (χ0) is 20.1. The Labute approximate surface area is 169 Å². The maximum Gasteiger partial charge on any atom is 0.316 e. The first-order valence-electron chi connectivity index (χ1n) is 10.1. The molecule has 8 nitrogen and oxygen atoms in total. The van der Waals surface area contributed by atoms with Gasteiger partial charge in [0.2, 0.25) is 5.91 Å².